The molecule has 0 saturated carbocycles. The van der Waals surface area contributed by atoms with Crippen LogP contribution < -0.4 is 16.2 Å². The Morgan fingerprint density at radius 1 is 1.00 bits per heavy atom. The maximum Gasteiger partial charge on any atom is 0.248 e. The van der Waals surface area contributed by atoms with Gasteiger partial charge in [-0.2, -0.15) is 0 Å². The molecule has 5 nitrogen and oxygen atoms in total. The topological polar surface area (TPSA) is 66.0 Å². The second-order valence-electron chi connectivity index (χ2n) is 5.78. The molecule has 2 aromatic carbocycles. The van der Waals surface area contributed by atoms with Crippen LogP contribution >= 0.6 is 24.0 Å². The fourth-order valence-electron chi connectivity index (χ4n) is 2.51. The number of hydrogen-bond acceptors (Lipinski definition) is 4. The van der Waals surface area contributed by atoms with Crippen LogP contribution in [0.15, 0.2) is 71.8 Å². The largest absolute Gasteiger partial charge is 0.361 e. The molecule has 0 aliphatic rings. The molecule has 138 valence electrons. The van der Waals surface area contributed by atoms with Crippen LogP contribution in [0, 0.1) is 0 Å². The van der Waals surface area contributed by atoms with E-state index in [0.29, 0.717) is 11.7 Å². The number of thiocarbonyl (C=S) groups is 1. The summed E-state index contributed by atoms with van der Waals surface area (Å²) in [4.78, 5) is 17.4. The summed E-state index contributed by atoms with van der Waals surface area (Å²) in [6, 6.07) is 20.0. The minimum absolute atomic E-state index is 0.153. The molecule has 0 atom stereocenters. The standard InChI is InChI=1S/C20H20N4OS2/c25-18(14-27-17-10-4-8-16-9-5-12-21-19(16)17)23-24-20(26)22-13-11-15-6-2-1-3-7-15/h1-10,12H,11,13-14H2,(H,23,25)(H2,22,24,26). The molecule has 0 spiro atoms. The lowest BCUT2D eigenvalue weighted by atomic mass is 10.1. The van der Waals surface area contributed by atoms with Crippen molar-refractivity contribution >= 4 is 45.9 Å². The maximum atomic E-state index is 12.0. The number of nitrogens with zero attached hydrogens (tertiary/aromatic N) is 1. The fraction of sp³-hybridized carbons (Fsp3) is 0.150. The van der Waals surface area contributed by atoms with Gasteiger partial charge in [-0.1, -0.05) is 48.5 Å². The van der Waals surface area contributed by atoms with Crippen molar-refractivity contribution in [3.63, 3.8) is 0 Å². The Kier molecular flexibility index (Phi) is 7.01. The summed E-state index contributed by atoms with van der Waals surface area (Å²) in [7, 11) is 0. The maximum absolute atomic E-state index is 12.0. The third-order valence-corrected chi connectivity index (χ3v) is 5.11. The molecule has 3 rings (SSSR count). The van der Waals surface area contributed by atoms with Crippen LogP contribution in [0.1, 0.15) is 5.56 Å². The molecule has 0 radical (unpaired) electrons. The first-order chi connectivity index (χ1) is 13.2. The van der Waals surface area contributed by atoms with Crippen molar-refractivity contribution in [2.24, 2.45) is 0 Å². The molecule has 1 aromatic heterocycles. The summed E-state index contributed by atoms with van der Waals surface area (Å²) in [6.07, 6.45) is 2.62. The second kappa shape index (κ2) is 9.89. The molecule has 0 aliphatic carbocycles. The summed E-state index contributed by atoms with van der Waals surface area (Å²) < 4.78 is 0. The van der Waals surface area contributed by atoms with Gasteiger partial charge in [0.2, 0.25) is 5.91 Å². The quantitative estimate of drug-likeness (QED) is 0.338. The number of carbonyl (C=O) groups is 1. The Balaban J connectivity index is 1.38. The summed E-state index contributed by atoms with van der Waals surface area (Å²) in [6.45, 7) is 0.697. The molecule has 1 amide bonds. The van der Waals surface area contributed by atoms with Crippen molar-refractivity contribution in [2.45, 2.75) is 11.3 Å². The Morgan fingerprint density at radius 3 is 2.67 bits per heavy atom. The number of rotatable bonds is 6. The van der Waals surface area contributed by atoms with Gasteiger partial charge in [-0.15, -0.1) is 11.8 Å². The number of para-hydroxylation sites is 1. The van der Waals surface area contributed by atoms with Gasteiger partial charge in [-0.3, -0.25) is 20.6 Å². The average molecular weight is 397 g/mol. The van der Waals surface area contributed by atoms with Gasteiger partial charge < -0.3 is 5.32 Å². The Morgan fingerprint density at radius 2 is 1.81 bits per heavy atom. The lowest BCUT2D eigenvalue weighted by molar-refractivity contribution is -0.119. The number of thioether (sulfide) groups is 1. The molecule has 0 fully saturated rings. The van der Waals surface area contributed by atoms with Crippen molar-refractivity contribution in [1.82, 2.24) is 21.2 Å². The van der Waals surface area contributed by atoms with E-state index in [1.807, 2.05) is 48.5 Å². The second-order valence-corrected chi connectivity index (χ2v) is 7.21. The Labute approximate surface area is 167 Å². The van der Waals surface area contributed by atoms with Gasteiger partial charge in [0.15, 0.2) is 5.11 Å². The summed E-state index contributed by atoms with van der Waals surface area (Å²) >= 11 is 6.62. The van der Waals surface area contributed by atoms with E-state index in [-0.39, 0.29) is 11.7 Å². The molecule has 27 heavy (non-hydrogen) atoms. The number of fused-ring (bicyclic) bond motifs is 1. The lowest BCUT2D eigenvalue weighted by Gasteiger charge is -2.11. The Bertz CT molecular complexity index is 913. The highest BCUT2D eigenvalue weighted by molar-refractivity contribution is 8.00. The van der Waals surface area contributed by atoms with Crippen LogP contribution in [0.5, 0.6) is 0 Å². The molecule has 3 aromatic rings. The van der Waals surface area contributed by atoms with Crippen molar-refractivity contribution in [1.29, 1.82) is 0 Å². The number of nitrogens with one attached hydrogen (secondary N) is 3. The SMILES string of the molecule is O=C(CSc1cccc2cccnc12)NNC(=S)NCCc1ccccc1. The number of benzene rings is 2. The van der Waals surface area contributed by atoms with Gasteiger partial charge in [-0.05, 0) is 36.3 Å². The van der Waals surface area contributed by atoms with Gasteiger partial charge >= 0.3 is 0 Å². The lowest BCUT2D eigenvalue weighted by Crippen LogP contribution is -2.47. The van der Waals surface area contributed by atoms with E-state index in [4.69, 9.17) is 12.2 Å². The first-order valence-electron chi connectivity index (χ1n) is 8.55. The number of carbonyl (C=O) groups excluding carboxylic acids is 1. The molecule has 3 N–H and O–H groups in total. The van der Waals surface area contributed by atoms with E-state index in [2.05, 4.69) is 33.3 Å². The van der Waals surface area contributed by atoms with Gasteiger partial charge in [-0.25, -0.2) is 0 Å². The summed E-state index contributed by atoms with van der Waals surface area (Å²) in [5.41, 5.74) is 7.49. The van der Waals surface area contributed by atoms with E-state index in [1.165, 1.54) is 17.3 Å². The Hall–Kier alpha value is -2.64. The molecule has 0 aliphatic heterocycles. The highest BCUT2D eigenvalue weighted by Gasteiger charge is 2.07. The van der Waals surface area contributed by atoms with E-state index < -0.39 is 0 Å². The molecule has 0 unspecified atom stereocenters. The fourth-order valence-corrected chi connectivity index (χ4v) is 3.50. The van der Waals surface area contributed by atoms with Crippen molar-refractivity contribution in [2.75, 3.05) is 12.3 Å². The predicted octanol–water partition coefficient (Wildman–Crippen LogP) is 3.06. The molecule has 0 saturated heterocycles. The monoisotopic (exact) mass is 396 g/mol. The summed E-state index contributed by atoms with van der Waals surface area (Å²) in [5.74, 6) is 0.120. The third kappa shape index (κ3) is 5.94. The summed E-state index contributed by atoms with van der Waals surface area (Å²) in [5, 5.41) is 4.53. The zero-order valence-electron chi connectivity index (χ0n) is 14.6. The highest BCUT2D eigenvalue weighted by Crippen LogP contribution is 2.25. The van der Waals surface area contributed by atoms with E-state index in [0.717, 1.165) is 22.2 Å². The number of amides is 1. The smallest absolute Gasteiger partial charge is 0.248 e. The zero-order valence-corrected chi connectivity index (χ0v) is 16.3. The molecular weight excluding hydrogens is 376 g/mol. The van der Waals surface area contributed by atoms with Crippen LogP contribution in [-0.4, -0.2) is 28.3 Å². The van der Waals surface area contributed by atoms with E-state index in [9.17, 15) is 4.79 Å². The normalized spacial score (nSPS) is 10.4. The van der Waals surface area contributed by atoms with Crippen molar-refractivity contribution < 1.29 is 4.79 Å². The van der Waals surface area contributed by atoms with Crippen LogP contribution in [0.3, 0.4) is 0 Å². The van der Waals surface area contributed by atoms with Crippen LogP contribution in [0.4, 0.5) is 0 Å². The van der Waals surface area contributed by atoms with Crippen LogP contribution in [0.25, 0.3) is 10.9 Å². The number of hydrogen-bond donors (Lipinski definition) is 3. The van der Waals surface area contributed by atoms with Gasteiger partial charge in [0.05, 0.1) is 11.3 Å². The minimum atomic E-state index is -0.153. The third-order valence-electron chi connectivity index (χ3n) is 3.81. The zero-order chi connectivity index (χ0) is 18.9. The van der Waals surface area contributed by atoms with Gasteiger partial charge in [0.25, 0.3) is 0 Å². The molecule has 0 bridgehead atoms. The number of hydrazine groups is 1. The van der Waals surface area contributed by atoms with E-state index in [1.54, 1.807) is 6.20 Å². The van der Waals surface area contributed by atoms with Gasteiger partial charge in [0, 0.05) is 23.0 Å². The highest BCUT2D eigenvalue weighted by atomic mass is 32.2. The number of pyridine rings is 1. The minimum Gasteiger partial charge on any atom is -0.361 e. The van der Waals surface area contributed by atoms with Crippen molar-refractivity contribution in [3.8, 4) is 0 Å². The van der Waals surface area contributed by atoms with Crippen molar-refractivity contribution in [3.05, 3.63) is 72.4 Å². The average Bonchev–Trinajstić information content (AvgIpc) is 2.71. The van der Waals surface area contributed by atoms with Gasteiger partial charge in [0.1, 0.15) is 0 Å². The molecule has 1 heterocycles. The molecular formula is C20H20N4OS2. The van der Waals surface area contributed by atoms with E-state index >= 15 is 0 Å². The first kappa shape index (κ1) is 19.1. The first-order valence-corrected chi connectivity index (χ1v) is 9.95. The van der Waals surface area contributed by atoms with Crippen LogP contribution in [0.2, 0.25) is 0 Å². The van der Waals surface area contributed by atoms with Crippen LogP contribution in [-0.2, 0) is 11.2 Å². The molecule has 7 heteroatoms. The number of aromatic nitrogens is 1. The predicted molar refractivity (Wildman–Crippen MR) is 114 cm³/mol.